The molecule has 3 nitrogen and oxygen atoms in total. The summed E-state index contributed by atoms with van der Waals surface area (Å²) >= 11 is 0. The van der Waals surface area contributed by atoms with Gasteiger partial charge in [0, 0.05) is 18.0 Å². The largest absolute Gasteiger partial charge is 0.351 e. The number of amides is 1. The molecular formula is C12H22N2O. The van der Waals surface area contributed by atoms with Crippen LogP contribution in [0.4, 0.5) is 0 Å². The first kappa shape index (κ1) is 10.9. The van der Waals surface area contributed by atoms with E-state index in [-0.39, 0.29) is 11.3 Å². The normalized spacial score (nSPS) is 33.5. The van der Waals surface area contributed by atoms with Crippen LogP contribution in [0.2, 0.25) is 0 Å². The lowest BCUT2D eigenvalue weighted by Gasteiger charge is -2.33. The van der Waals surface area contributed by atoms with Crippen molar-refractivity contribution in [1.82, 2.24) is 10.6 Å². The van der Waals surface area contributed by atoms with Crippen molar-refractivity contribution in [2.24, 2.45) is 11.3 Å². The fraction of sp³-hybridized carbons (Fsp3) is 0.917. The Labute approximate surface area is 92.0 Å². The van der Waals surface area contributed by atoms with E-state index >= 15 is 0 Å². The van der Waals surface area contributed by atoms with Gasteiger partial charge in [-0.1, -0.05) is 20.3 Å². The number of carbonyl (C=O) groups excluding carboxylic acids is 1. The molecule has 1 saturated heterocycles. The highest BCUT2D eigenvalue weighted by atomic mass is 16.2. The van der Waals surface area contributed by atoms with Crippen LogP contribution in [0.3, 0.4) is 0 Å². The van der Waals surface area contributed by atoms with Gasteiger partial charge in [-0.05, 0) is 31.7 Å². The summed E-state index contributed by atoms with van der Waals surface area (Å²) in [7, 11) is 0. The monoisotopic (exact) mass is 210 g/mol. The summed E-state index contributed by atoms with van der Waals surface area (Å²) in [4.78, 5) is 11.9. The maximum Gasteiger partial charge on any atom is 0.226 e. The zero-order valence-electron chi connectivity index (χ0n) is 9.81. The summed E-state index contributed by atoms with van der Waals surface area (Å²) < 4.78 is 0. The van der Waals surface area contributed by atoms with Crippen LogP contribution in [-0.4, -0.2) is 25.0 Å². The molecule has 1 aliphatic heterocycles. The van der Waals surface area contributed by atoms with Gasteiger partial charge in [-0.3, -0.25) is 4.79 Å². The molecule has 2 unspecified atom stereocenters. The molecule has 2 aliphatic rings. The van der Waals surface area contributed by atoms with Crippen molar-refractivity contribution in [3.8, 4) is 0 Å². The zero-order valence-corrected chi connectivity index (χ0v) is 9.81. The molecule has 0 radical (unpaired) electrons. The van der Waals surface area contributed by atoms with Gasteiger partial charge < -0.3 is 10.6 Å². The first-order valence-electron chi connectivity index (χ1n) is 6.17. The van der Waals surface area contributed by atoms with Crippen molar-refractivity contribution in [3.63, 3.8) is 0 Å². The number of hydrogen-bond acceptors (Lipinski definition) is 2. The van der Waals surface area contributed by atoms with E-state index in [0.717, 1.165) is 25.9 Å². The van der Waals surface area contributed by atoms with Gasteiger partial charge in [0.1, 0.15) is 0 Å². The lowest BCUT2D eigenvalue weighted by atomic mass is 9.90. The minimum Gasteiger partial charge on any atom is -0.351 e. The highest BCUT2D eigenvalue weighted by Gasteiger charge is 2.45. The lowest BCUT2D eigenvalue weighted by Crippen LogP contribution is -2.52. The molecule has 15 heavy (non-hydrogen) atoms. The summed E-state index contributed by atoms with van der Waals surface area (Å²) in [5.74, 6) is 0.937. The Bertz CT molecular complexity index is 248. The van der Waals surface area contributed by atoms with Crippen LogP contribution in [0, 0.1) is 11.3 Å². The number of carbonyl (C=O) groups is 1. The second kappa shape index (κ2) is 4.12. The van der Waals surface area contributed by atoms with E-state index in [1.165, 1.54) is 12.8 Å². The molecule has 86 valence electrons. The van der Waals surface area contributed by atoms with Gasteiger partial charge in [0.05, 0.1) is 0 Å². The van der Waals surface area contributed by atoms with Crippen molar-refractivity contribution in [3.05, 3.63) is 0 Å². The van der Waals surface area contributed by atoms with Gasteiger partial charge >= 0.3 is 0 Å². The number of piperidine rings is 1. The maximum absolute atomic E-state index is 11.9. The van der Waals surface area contributed by atoms with Crippen LogP contribution in [0.5, 0.6) is 0 Å². The topological polar surface area (TPSA) is 41.1 Å². The Hall–Kier alpha value is -0.570. The van der Waals surface area contributed by atoms with Gasteiger partial charge in [-0.25, -0.2) is 0 Å². The summed E-state index contributed by atoms with van der Waals surface area (Å²) in [5.41, 5.74) is -0.0320. The third kappa shape index (κ3) is 2.33. The Kier molecular flexibility index (Phi) is 3.01. The molecule has 0 aromatic carbocycles. The van der Waals surface area contributed by atoms with Crippen LogP contribution >= 0.6 is 0 Å². The average Bonchev–Trinajstić information content (AvgIpc) is 2.99. The predicted molar refractivity (Wildman–Crippen MR) is 60.5 cm³/mol. The van der Waals surface area contributed by atoms with Gasteiger partial charge in [0.2, 0.25) is 5.91 Å². The van der Waals surface area contributed by atoms with E-state index in [0.29, 0.717) is 12.0 Å². The number of hydrogen-bond donors (Lipinski definition) is 2. The molecule has 0 spiro atoms. The molecule has 1 heterocycles. The van der Waals surface area contributed by atoms with Crippen molar-refractivity contribution in [2.75, 3.05) is 13.1 Å². The molecule has 2 atom stereocenters. The maximum atomic E-state index is 11.9. The van der Waals surface area contributed by atoms with Crippen LogP contribution in [0.15, 0.2) is 0 Å². The molecule has 0 bridgehead atoms. The average molecular weight is 210 g/mol. The third-order valence-electron chi connectivity index (χ3n) is 4.01. The molecule has 1 saturated carbocycles. The van der Waals surface area contributed by atoms with Crippen LogP contribution in [-0.2, 0) is 4.79 Å². The van der Waals surface area contributed by atoms with Crippen LogP contribution < -0.4 is 10.6 Å². The summed E-state index contributed by atoms with van der Waals surface area (Å²) in [6, 6.07) is 0.355. The van der Waals surface area contributed by atoms with Crippen LogP contribution in [0.25, 0.3) is 0 Å². The van der Waals surface area contributed by atoms with E-state index in [2.05, 4.69) is 24.5 Å². The first-order valence-corrected chi connectivity index (χ1v) is 6.17. The number of nitrogens with one attached hydrogen (secondary N) is 2. The highest BCUT2D eigenvalue weighted by Crippen LogP contribution is 2.45. The minimum atomic E-state index is -0.0320. The molecular weight excluding hydrogens is 188 g/mol. The van der Waals surface area contributed by atoms with E-state index in [1.807, 2.05) is 0 Å². The van der Waals surface area contributed by atoms with Crippen molar-refractivity contribution in [2.45, 2.75) is 45.6 Å². The zero-order chi connectivity index (χ0) is 10.9. The Morgan fingerprint density at radius 2 is 2.27 bits per heavy atom. The standard InChI is InChI=1S/C12H22N2O/c1-3-9-4-7-13-8-10(9)14-11(15)12(2)5-6-12/h9-10,13H,3-8H2,1-2H3,(H,14,15). The Morgan fingerprint density at radius 1 is 1.53 bits per heavy atom. The molecule has 1 amide bonds. The predicted octanol–water partition coefficient (Wildman–Crippen LogP) is 1.29. The number of rotatable bonds is 3. The Balaban J connectivity index is 1.88. The second-order valence-electron chi connectivity index (χ2n) is 5.30. The van der Waals surface area contributed by atoms with E-state index in [1.54, 1.807) is 0 Å². The second-order valence-corrected chi connectivity index (χ2v) is 5.30. The van der Waals surface area contributed by atoms with Gasteiger partial charge in [0.15, 0.2) is 0 Å². The molecule has 0 aromatic rings. The SMILES string of the molecule is CCC1CCNCC1NC(=O)C1(C)CC1. The summed E-state index contributed by atoms with van der Waals surface area (Å²) in [6.45, 7) is 6.33. The highest BCUT2D eigenvalue weighted by molar-refractivity contribution is 5.85. The minimum absolute atomic E-state index is 0.0320. The fourth-order valence-electron chi connectivity index (χ4n) is 2.33. The molecule has 3 heteroatoms. The fourth-order valence-corrected chi connectivity index (χ4v) is 2.33. The van der Waals surface area contributed by atoms with Gasteiger partial charge in [-0.2, -0.15) is 0 Å². The van der Waals surface area contributed by atoms with Gasteiger partial charge in [-0.15, -0.1) is 0 Å². The quantitative estimate of drug-likeness (QED) is 0.737. The smallest absolute Gasteiger partial charge is 0.226 e. The molecule has 2 rings (SSSR count). The van der Waals surface area contributed by atoms with Crippen molar-refractivity contribution in [1.29, 1.82) is 0 Å². The molecule has 2 N–H and O–H groups in total. The van der Waals surface area contributed by atoms with E-state index < -0.39 is 0 Å². The summed E-state index contributed by atoms with van der Waals surface area (Å²) in [5, 5.41) is 6.58. The van der Waals surface area contributed by atoms with E-state index in [9.17, 15) is 4.79 Å². The van der Waals surface area contributed by atoms with Crippen molar-refractivity contribution < 1.29 is 4.79 Å². The summed E-state index contributed by atoms with van der Waals surface area (Å²) in [6.07, 6.45) is 4.49. The third-order valence-corrected chi connectivity index (χ3v) is 4.01. The van der Waals surface area contributed by atoms with Gasteiger partial charge in [0.25, 0.3) is 0 Å². The molecule has 1 aliphatic carbocycles. The van der Waals surface area contributed by atoms with Crippen LogP contribution in [0.1, 0.15) is 39.5 Å². The van der Waals surface area contributed by atoms with E-state index in [4.69, 9.17) is 0 Å². The van der Waals surface area contributed by atoms with Crippen molar-refractivity contribution >= 4 is 5.91 Å². The lowest BCUT2D eigenvalue weighted by molar-refractivity contribution is -0.127. The first-order chi connectivity index (χ1) is 7.15. The molecule has 2 fully saturated rings. The molecule has 0 aromatic heterocycles. The Morgan fingerprint density at radius 3 is 2.87 bits per heavy atom.